The maximum atomic E-state index is 14.1. The van der Waals surface area contributed by atoms with Crippen LogP contribution in [0.25, 0.3) is 11.1 Å². The van der Waals surface area contributed by atoms with E-state index in [0.717, 1.165) is 93.4 Å². The van der Waals surface area contributed by atoms with Gasteiger partial charge in [0.15, 0.2) is 5.82 Å². The van der Waals surface area contributed by atoms with Crippen molar-refractivity contribution in [1.29, 1.82) is 0 Å². The minimum absolute atomic E-state index is 0.0732. The lowest BCUT2D eigenvalue weighted by Gasteiger charge is -2.53. The van der Waals surface area contributed by atoms with Gasteiger partial charge in [0.25, 0.3) is 0 Å². The summed E-state index contributed by atoms with van der Waals surface area (Å²) >= 11 is 0. The van der Waals surface area contributed by atoms with E-state index in [4.69, 9.17) is 4.74 Å². The zero-order valence-electron chi connectivity index (χ0n) is 21.7. The number of ether oxygens (including phenoxy) is 1. The fraction of sp³-hybridized carbons (Fsp3) is 0.552. The van der Waals surface area contributed by atoms with Crippen LogP contribution in [0.1, 0.15) is 76.5 Å². The molecule has 8 heteroatoms. The maximum absolute atomic E-state index is 14.1. The number of nitrogens with one attached hydrogen (secondary N) is 1. The topological polar surface area (TPSA) is 96.9 Å². The highest BCUT2D eigenvalue weighted by Gasteiger charge is 2.52. The second-order valence-electron chi connectivity index (χ2n) is 11.4. The Morgan fingerprint density at radius 1 is 1.03 bits per heavy atom. The van der Waals surface area contributed by atoms with Gasteiger partial charge >= 0.3 is 0 Å². The second-order valence-corrected chi connectivity index (χ2v) is 11.4. The number of nitrogens with zero attached hydrogens (tertiary/aromatic N) is 5. The van der Waals surface area contributed by atoms with Crippen molar-refractivity contribution in [3.8, 4) is 17.0 Å². The van der Waals surface area contributed by atoms with E-state index in [2.05, 4.69) is 54.8 Å². The zero-order chi connectivity index (χ0) is 25.3. The Bertz CT molecular complexity index is 1210. The van der Waals surface area contributed by atoms with E-state index in [0.29, 0.717) is 11.8 Å². The van der Waals surface area contributed by atoms with E-state index in [1.54, 1.807) is 13.3 Å². The van der Waals surface area contributed by atoms with Crippen LogP contribution in [0.15, 0.2) is 42.6 Å². The van der Waals surface area contributed by atoms with Crippen molar-refractivity contribution in [3.63, 3.8) is 0 Å². The Balaban J connectivity index is 1.29. The molecule has 37 heavy (non-hydrogen) atoms. The zero-order valence-corrected chi connectivity index (χ0v) is 21.7. The van der Waals surface area contributed by atoms with Crippen molar-refractivity contribution in [2.24, 2.45) is 11.3 Å². The number of benzene rings is 1. The van der Waals surface area contributed by atoms with Crippen molar-refractivity contribution < 1.29 is 9.53 Å². The molecular weight excluding hydrogens is 464 g/mol. The number of carbonyl (C=O) groups excluding carboxylic acids is 1. The number of H-pyrrole nitrogens is 1. The Hall–Kier alpha value is -3.29. The summed E-state index contributed by atoms with van der Waals surface area (Å²) in [5, 5.41) is 15.0. The number of amides is 1. The van der Waals surface area contributed by atoms with Crippen LogP contribution in [0.5, 0.6) is 5.88 Å². The molecule has 2 aromatic heterocycles. The average molecular weight is 501 g/mol. The Morgan fingerprint density at radius 2 is 1.78 bits per heavy atom. The van der Waals surface area contributed by atoms with Gasteiger partial charge in [-0.1, -0.05) is 31.4 Å². The summed E-state index contributed by atoms with van der Waals surface area (Å²) in [5.74, 6) is 1.96. The molecule has 2 heterocycles. The highest BCUT2D eigenvalue weighted by Crippen LogP contribution is 2.57. The molecule has 0 spiro atoms. The molecule has 0 radical (unpaired) electrons. The number of hydrogen-bond acceptors (Lipinski definition) is 6. The molecule has 7 rings (SSSR count). The van der Waals surface area contributed by atoms with E-state index >= 15 is 0 Å². The smallest absolute Gasteiger partial charge is 0.230 e. The third-order valence-corrected chi connectivity index (χ3v) is 9.40. The van der Waals surface area contributed by atoms with Crippen LogP contribution in [0.3, 0.4) is 0 Å². The van der Waals surface area contributed by atoms with Gasteiger partial charge in [-0.3, -0.25) is 4.79 Å². The number of rotatable bonds is 7. The number of methoxy groups -OCH3 is 1. The lowest BCUT2D eigenvalue weighted by molar-refractivity contribution is -0.124. The molecule has 1 N–H and O–H groups in total. The number of carbonyl (C=O) groups is 1. The third-order valence-electron chi connectivity index (χ3n) is 9.40. The van der Waals surface area contributed by atoms with Crippen molar-refractivity contribution in [2.45, 2.75) is 76.0 Å². The Morgan fingerprint density at radius 3 is 2.49 bits per heavy atom. The molecule has 2 bridgehead atoms. The number of aromatic nitrogens is 5. The van der Waals surface area contributed by atoms with Gasteiger partial charge < -0.3 is 9.64 Å². The molecule has 0 saturated heterocycles. The van der Waals surface area contributed by atoms with Gasteiger partial charge in [0.05, 0.1) is 7.11 Å². The molecule has 4 aliphatic carbocycles. The molecule has 3 aromatic rings. The lowest BCUT2D eigenvalue weighted by Crippen LogP contribution is -2.52. The fourth-order valence-corrected chi connectivity index (χ4v) is 7.00. The summed E-state index contributed by atoms with van der Waals surface area (Å²) in [6.45, 7) is 0.788. The number of aromatic amines is 1. The van der Waals surface area contributed by atoms with Crippen LogP contribution >= 0.6 is 0 Å². The summed E-state index contributed by atoms with van der Waals surface area (Å²) in [7, 11) is 1.63. The number of anilines is 1. The normalized spacial score (nSPS) is 25.6. The first-order valence-electron chi connectivity index (χ1n) is 13.8. The molecule has 4 aliphatic rings. The standard InChI is InChI=1S/C29H36N6O2/c1-37-25-19-23(10-17-30-25)22-8-5-9-24(18-22)35(26(36)21-6-3-2-4-7-21)20-28-11-14-29(15-12-28,16-13-28)27-31-33-34-32-27/h5,8-10,17-19,21H,2-4,6-7,11-16,20H2,1H3,(H,31,32,33,34). The Kier molecular flexibility index (Phi) is 6.42. The summed E-state index contributed by atoms with van der Waals surface area (Å²) in [5.41, 5.74) is 3.33. The van der Waals surface area contributed by atoms with Gasteiger partial charge in [-0.05, 0) is 96.5 Å². The van der Waals surface area contributed by atoms with Gasteiger partial charge in [-0.2, -0.15) is 0 Å². The minimum Gasteiger partial charge on any atom is -0.481 e. The molecule has 0 unspecified atom stereocenters. The van der Waals surface area contributed by atoms with Crippen LogP contribution in [-0.4, -0.2) is 45.2 Å². The lowest BCUT2D eigenvalue weighted by atomic mass is 9.53. The first-order valence-corrected chi connectivity index (χ1v) is 13.8. The van der Waals surface area contributed by atoms with E-state index in [9.17, 15) is 4.79 Å². The fourth-order valence-electron chi connectivity index (χ4n) is 7.00. The van der Waals surface area contributed by atoms with Crippen molar-refractivity contribution in [2.75, 3.05) is 18.6 Å². The molecular formula is C29H36N6O2. The Labute approximate surface area is 218 Å². The van der Waals surface area contributed by atoms with Crippen LogP contribution in [-0.2, 0) is 10.2 Å². The average Bonchev–Trinajstić information content (AvgIpc) is 3.53. The number of fused-ring (bicyclic) bond motifs is 3. The molecule has 1 amide bonds. The summed E-state index contributed by atoms with van der Waals surface area (Å²) in [4.78, 5) is 20.5. The number of hydrogen-bond donors (Lipinski definition) is 1. The van der Waals surface area contributed by atoms with Gasteiger partial charge in [-0.25, -0.2) is 10.1 Å². The quantitative estimate of drug-likeness (QED) is 0.462. The molecule has 4 saturated carbocycles. The molecule has 0 aliphatic heterocycles. The van der Waals surface area contributed by atoms with Crippen molar-refractivity contribution >= 4 is 11.6 Å². The highest BCUT2D eigenvalue weighted by molar-refractivity contribution is 5.96. The van der Waals surface area contributed by atoms with Gasteiger partial charge in [0, 0.05) is 35.8 Å². The van der Waals surface area contributed by atoms with Crippen molar-refractivity contribution in [3.05, 3.63) is 48.4 Å². The molecule has 8 nitrogen and oxygen atoms in total. The summed E-state index contributed by atoms with van der Waals surface area (Å²) in [6, 6.07) is 12.4. The second kappa shape index (κ2) is 9.88. The predicted octanol–water partition coefficient (Wildman–Crippen LogP) is 5.48. The number of tetrazole rings is 1. The van der Waals surface area contributed by atoms with Crippen LogP contribution in [0.4, 0.5) is 5.69 Å². The van der Waals surface area contributed by atoms with E-state index in [1.165, 1.54) is 6.42 Å². The summed E-state index contributed by atoms with van der Waals surface area (Å²) < 4.78 is 5.35. The largest absolute Gasteiger partial charge is 0.481 e. The van der Waals surface area contributed by atoms with Gasteiger partial charge in [0.2, 0.25) is 11.8 Å². The predicted molar refractivity (Wildman–Crippen MR) is 141 cm³/mol. The van der Waals surface area contributed by atoms with Crippen LogP contribution in [0, 0.1) is 11.3 Å². The molecule has 0 atom stereocenters. The molecule has 4 fully saturated rings. The SMILES string of the molecule is COc1cc(-c2cccc(N(CC34CCC(c5nnn[nH]5)(CC3)CC4)C(=O)C3CCCCC3)c2)ccn1. The molecule has 194 valence electrons. The van der Waals surface area contributed by atoms with E-state index in [1.807, 2.05) is 12.1 Å². The van der Waals surface area contributed by atoms with Crippen LogP contribution in [0.2, 0.25) is 0 Å². The number of pyridine rings is 1. The highest BCUT2D eigenvalue weighted by atomic mass is 16.5. The third kappa shape index (κ3) is 4.62. The van der Waals surface area contributed by atoms with Gasteiger partial charge in [0.1, 0.15) is 0 Å². The van der Waals surface area contributed by atoms with Gasteiger partial charge in [-0.15, -0.1) is 5.10 Å². The first kappa shape index (κ1) is 24.1. The van der Waals surface area contributed by atoms with E-state index < -0.39 is 0 Å². The van der Waals surface area contributed by atoms with Crippen LogP contribution < -0.4 is 9.64 Å². The first-order chi connectivity index (χ1) is 18.1. The monoisotopic (exact) mass is 500 g/mol. The maximum Gasteiger partial charge on any atom is 0.230 e. The van der Waals surface area contributed by atoms with Crippen molar-refractivity contribution in [1.82, 2.24) is 25.6 Å². The van der Waals surface area contributed by atoms with E-state index in [-0.39, 0.29) is 16.7 Å². The molecule has 1 aromatic carbocycles. The summed E-state index contributed by atoms with van der Waals surface area (Å²) in [6.07, 6.45) is 13.9. The minimum atomic E-state index is 0.0732.